The van der Waals surface area contributed by atoms with Gasteiger partial charge in [0.1, 0.15) is 6.33 Å². The molecule has 2 aromatic carbocycles. The van der Waals surface area contributed by atoms with E-state index in [1.165, 1.54) is 24.2 Å². The summed E-state index contributed by atoms with van der Waals surface area (Å²) < 4.78 is 6.17. The number of aromatic nitrogens is 6. The molecule has 1 aliphatic heterocycles. The minimum atomic E-state index is -0.596. The van der Waals surface area contributed by atoms with Crippen molar-refractivity contribution in [3.63, 3.8) is 0 Å². The zero-order chi connectivity index (χ0) is 29.5. The Labute approximate surface area is 245 Å². The second kappa shape index (κ2) is 13.1. The molecule has 4 N–H and O–H groups in total. The van der Waals surface area contributed by atoms with Crippen LogP contribution < -0.4 is 21.5 Å². The van der Waals surface area contributed by atoms with Crippen LogP contribution in [0.5, 0.6) is 0 Å². The molecule has 0 spiro atoms. The summed E-state index contributed by atoms with van der Waals surface area (Å²) in [5.41, 5.74) is 3.66. The van der Waals surface area contributed by atoms with Crippen LogP contribution >= 0.6 is 11.6 Å². The van der Waals surface area contributed by atoms with E-state index in [-0.39, 0.29) is 11.5 Å². The third-order valence-electron chi connectivity index (χ3n) is 6.72. The number of amides is 2. The van der Waals surface area contributed by atoms with E-state index in [1.54, 1.807) is 48.5 Å². The van der Waals surface area contributed by atoms with Gasteiger partial charge in [-0.1, -0.05) is 30.5 Å². The fourth-order valence-corrected chi connectivity index (χ4v) is 4.84. The van der Waals surface area contributed by atoms with E-state index < -0.39 is 12.1 Å². The van der Waals surface area contributed by atoms with Crippen LogP contribution in [0.25, 0.3) is 22.9 Å². The number of hydrogen-bond acceptors (Lipinski definition) is 9. The lowest BCUT2D eigenvalue weighted by molar-refractivity contribution is -0.117. The van der Waals surface area contributed by atoms with E-state index in [9.17, 15) is 14.4 Å². The minimum Gasteiger partial charge on any atom is -0.453 e. The van der Waals surface area contributed by atoms with Gasteiger partial charge in [-0.05, 0) is 65.7 Å². The first-order chi connectivity index (χ1) is 20.4. The molecule has 2 aromatic heterocycles. The van der Waals surface area contributed by atoms with Crippen LogP contribution in [0.2, 0.25) is 5.02 Å². The lowest BCUT2D eigenvalue weighted by Crippen LogP contribution is -2.29. The zero-order valence-corrected chi connectivity index (χ0v) is 23.4. The highest BCUT2D eigenvalue weighted by Crippen LogP contribution is 2.31. The van der Waals surface area contributed by atoms with Gasteiger partial charge in [-0.25, -0.2) is 9.89 Å². The molecular formula is C28H28ClN9O4. The topological polar surface area (TPSA) is 169 Å². The Kier molecular flexibility index (Phi) is 8.87. The molecule has 1 aliphatic rings. The quantitative estimate of drug-likeness (QED) is 0.250. The molecule has 2 bridgehead atoms. The summed E-state index contributed by atoms with van der Waals surface area (Å²) in [6, 6.07) is 11.6. The molecule has 0 saturated carbocycles. The molecule has 14 heteroatoms. The number of aromatic amines is 1. The smallest absolute Gasteiger partial charge is 0.411 e. The minimum absolute atomic E-state index is 0.343. The van der Waals surface area contributed by atoms with Crippen molar-refractivity contribution in [2.45, 2.75) is 31.7 Å². The number of anilines is 2. The largest absolute Gasteiger partial charge is 0.453 e. The monoisotopic (exact) mass is 589 g/mol. The number of halogens is 1. The van der Waals surface area contributed by atoms with Crippen molar-refractivity contribution < 1.29 is 14.3 Å². The first kappa shape index (κ1) is 28.5. The number of tetrazole rings is 1. The summed E-state index contributed by atoms with van der Waals surface area (Å²) in [7, 11) is 1.29. The predicted molar refractivity (Wildman–Crippen MR) is 157 cm³/mol. The van der Waals surface area contributed by atoms with E-state index in [2.05, 4.69) is 41.7 Å². The van der Waals surface area contributed by atoms with E-state index >= 15 is 0 Å². The van der Waals surface area contributed by atoms with Crippen molar-refractivity contribution in [3.05, 3.63) is 81.5 Å². The van der Waals surface area contributed by atoms with Gasteiger partial charge in [0.25, 0.3) is 5.56 Å². The number of benzene rings is 2. The number of rotatable bonds is 5. The molecule has 1 atom stereocenters. The highest BCUT2D eigenvalue weighted by Gasteiger charge is 2.20. The van der Waals surface area contributed by atoms with Gasteiger partial charge in [0.05, 0.1) is 30.1 Å². The lowest BCUT2D eigenvalue weighted by atomic mass is 9.99. The summed E-state index contributed by atoms with van der Waals surface area (Å²) in [5.74, 6) is -0.343. The lowest BCUT2D eigenvalue weighted by Gasteiger charge is -2.20. The number of H-pyrrole nitrogens is 1. The van der Waals surface area contributed by atoms with Crippen LogP contribution in [0, 0.1) is 0 Å². The SMILES string of the molecule is COC(=O)Nc1ccc2c(c1)NCCCCCC(NC(=O)/C=C/c1cc(Cl)ccc1-n1cnnn1)c1cc-2c(=O)[nH]n1. The first-order valence-corrected chi connectivity index (χ1v) is 13.6. The number of methoxy groups -OCH3 is 1. The Hall–Kier alpha value is -5.04. The Balaban J connectivity index is 1.43. The van der Waals surface area contributed by atoms with Gasteiger partial charge in [-0.3, -0.25) is 14.9 Å². The Morgan fingerprint density at radius 2 is 2.00 bits per heavy atom. The summed E-state index contributed by atoms with van der Waals surface area (Å²) in [5, 5.41) is 27.7. The average molecular weight is 590 g/mol. The van der Waals surface area contributed by atoms with Gasteiger partial charge in [0.2, 0.25) is 5.91 Å². The summed E-state index contributed by atoms with van der Waals surface area (Å²) in [4.78, 5) is 37.7. The second-order valence-electron chi connectivity index (χ2n) is 9.54. The van der Waals surface area contributed by atoms with E-state index in [0.29, 0.717) is 57.4 Å². The molecule has 5 rings (SSSR count). The van der Waals surface area contributed by atoms with Crippen molar-refractivity contribution in [2.75, 3.05) is 24.3 Å². The standard InChI is InChI=1S/C28H28ClN9O4/c1-42-28(41)32-19-8-9-20-21-15-24(34-35-27(21)40)22(5-3-2-4-12-30-23(20)14-19)33-26(39)11-6-17-13-18(29)7-10-25(17)38-16-31-36-37-38/h6-11,13-16,22,30H,2-5,12H2,1H3,(H,32,41)(H,33,39)(H,35,40)/b11-6+. The molecule has 0 saturated heterocycles. The van der Waals surface area contributed by atoms with Gasteiger partial charge < -0.3 is 15.4 Å². The van der Waals surface area contributed by atoms with Gasteiger partial charge in [0.15, 0.2) is 0 Å². The molecule has 2 amide bonds. The van der Waals surface area contributed by atoms with Crippen molar-refractivity contribution in [1.82, 2.24) is 35.7 Å². The van der Waals surface area contributed by atoms with E-state index in [1.807, 2.05) is 0 Å². The summed E-state index contributed by atoms with van der Waals surface area (Å²) in [6.07, 6.45) is 7.12. The fourth-order valence-electron chi connectivity index (χ4n) is 4.66. The molecular weight excluding hydrogens is 562 g/mol. The number of nitrogens with zero attached hydrogens (tertiary/aromatic N) is 5. The Morgan fingerprint density at radius 3 is 2.81 bits per heavy atom. The van der Waals surface area contributed by atoms with Gasteiger partial charge in [0, 0.05) is 40.1 Å². The van der Waals surface area contributed by atoms with Crippen LogP contribution in [-0.2, 0) is 9.53 Å². The van der Waals surface area contributed by atoms with Gasteiger partial charge in [-0.15, -0.1) is 5.10 Å². The van der Waals surface area contributed by atoms with Crippen molar-refractivity contribution in [1.29, 1.82) is 0 Å². The normalized spacial score (nSPS) is 15.0. The maximum absolute atomic E-state index is 13.1. The number of nitrogens with one attached hydrogen (secondary N) is 4. The maximum Gasteiger partial charge on any atom is 0.411 e. The van der Waals surface area contributed by atoms with Crippen LogP contribution in [-0.4, -0.2) is 56.1 Å². The Morgan fingerprint density at radius 1 is 1.12 bits per heavy atom. The first-order valence-electron chi connectivity index (χ1n) is 13.3. The molecule has 1 unspecified atom stereocenters. The molecule has 0 radical (unpaired) electrons. The average Bonchev–Trinajstić information content (AvgIpc) is 3.52. The van der Waals surface area contributed by atoms with Crippen molar-refractivity contribution in [2.24, 2.45) is 0 Å². The second-order valence-corrected chi connectivity index (χ2v) is 9.98. The highest BCUT2D eigenvalue weighted by molar-refractivity contribution is 6.30. The van der Waals surface area contributed by atoms with Gasteiger partial charge >= 0.3 is 6.09 Å². The van der Waals surface area contributed by atoms with E-state index in [4.69, 9.17) is 16.3 Å². The number of fused-ring (bicyclic) bond motifs is 4. The van der Waals surface area contributed by atoms with Crippen molar-refractivity contribution in [3.8, 4) is 16.8 Å². The molecule has 42 heavy (non-hydrogen) atoms. The fraction of sp³-hybridized carbons (Fsp3) is 0.250. The molecule has 216 valence electrons. The number of carbonyl (C=O) groups is 2. The molecule has 13 nitrogen and oxygen atoms in total. The van der Waals surface area contributed by atoms with Crippen LogP contribution in [0.15, 0.2) is 59.7 Å². The summed E-state index contributed by atoms with van der Waals surface area (Å²) in [6.45, 7) is 0.660. The third-order valence-corrected chi connectivity index (χ3v) is 6.96. The van der Waals surface area contributed by atoms with E-state index in [0.717, 1.165) is 19.3 Å². The van der Waals surface area contributed by atoms with Gasteiger partial charge in [-0.2, -0.15) is 9.78 Å². The molecule has 3 heterocycles. The number of carbonyl (C=O) groups excluding carboxylic acids is 2. The Bertz CT molecular complexity index is 1670. The van der Waals surface area contributed by atoms with Crippen LogP contribution in [0.4, 0.5) is 16.2 Å². The highest BCUT2D eigenvalue weighted by atomic mass is 35.5. The molecule has 4 aromatic rings. The van der Waals surface area contributed by atoms with Crippen LogP contribution in [0.1, 0.15) is 43.0 Å². The van der Waals surface area contributed by atoms with Crippen LogP contribution in [0.3, 0.4) is 0 Å². The summed E-state index contributed by atoms with van der Waals surface area (Å²) >= 11 is 6.20. The maximum atomic E-state index is 13.1. The molecule has 0 fully saturated rings. The third kappa shape index (κ3) is 6.81. The number of hydrogen-bond donors (Lipinski definition) is 4. The number of ether oxygens (including phenoxy) is 1. The van der Waals surface area contributed by atoms with Crippen molar-refractivity contribution >= 4 is 41.1 Å². The predicted octanol–water partition coefficient (Wildman–Crippen LogP) is 4.10. The zero-order valence-electron chi connectivity index (χ0n) is 22.6. The molecule has 0 aliphatic carbocycles.